The molecule has 1 N–H and O–H groups in total. The molecule has 0 amide bonds. The summed E-state index contributed by atoms with van der Waals surface area (Å²) in [5, 5.41) is 4.43. The van der Waals surface area contributed by atoms with Crippen molar-refractivity contribution in [1.29, 1.82) is 0 Å². The molecule has 1 aliphatic heterocycles. The van der Waals surface area contributed by atoms with Gasteiger partial charge in [-0.15, -0.1) is 0 Å². The Balaban J connectivity index is 1.55. The van der Waals surface area contributed by atoms with Gasteiger partial charge in [0.05, 0.1) is 12.3 Å². The van der Waals surface area contributed by atoms with Crippen LogP contribution in [0.2, 0.25) is 5.02 Å². The van der Waals surface area contributed by atoms with Crippen LogP contribution in [-0.4, -0.2) is 47.7 Å². The summed E-state index contributed by atoms with van der Waals surface area (Å²) in [7, 11) is 0. The number of benzene rings is 2. The van der Waals surface area contributed by atoms with Gasteiger partial charge >= 0.3 is 0 Å². The molecule has 27 heavy (non-hydrogen) atoms. The third-order valence-electron chi connectivity index (χ3n) is 4.53. The summed E-state index contributed by atoms with van der Waals surface area (Å²) in [6.45, 7) is 6.19. The van der Waals surface area contributed by atoms with E-state index in [1.807, 2.05) is 31.2 Å². The Morgan fingerprint density at radius 3 is 2.59 bits per heavy atom. The number of halogens is 2. The highest BCUT2D eigenvalue weighted by molar-refractivity contribution is 7.80. The number of anilines is 1. The number of piperazine rings is 1. The lowest BCUT2D eigenvalue weighted by molar-refractivity contribution is 0.175. The maximum Gasteiger partial charge on any atom is 0.173 e. The van der Waals surface area contributed by atoms with E-state index in [1.165, 1.54) is 6.07 Å². The smallest absolute Gasteiger partial charge is 0.173 e. The molecular formula is C20H23ClFN3OS. The predicted molar refractivity (Wildman–Crippen MR) is 112 cm³/mol. The van der Waals surface area contributed by atoms with Crippen molar-refractivity contribution in [3.8, 4) is 5.75 Å². The van der Waals surface area contributed by atoms with Gasteiger partial charge in [0.2, 0.25) is 0 Å². The highest BCUT2D eigenvalue weighted by Crippen LogP contribution is 2.25. The second kappa shape index (κ2) is 9.35. The van der Waals surface area contributed by atoms with Crippen LogP contribution in [0.15, 0.2) is 42.5 Å². The van der Waals surface area contributed by atoms with Crippen LogP contribution in [0.4, 0.5) is 10.1 Å². The lowest BCUT2D eigenvalue weighted by atomic mass is 10.2. The molecule has 0 atom stereocenters. The van der Waals surface area contributed by atoms with Crippen molar-refractivity contribution in [3.63, 3.8) is 0 Å². The van der Waals surface area contributed by atoms with Crippen LogP contribution in [0.25, 0.3) is 0 Å². The number of rotatable bonds is 5. The molecule has 0 radical (unpaired) electrons. The number of nitrogens with one attached hydrogen (secondary N) is 1. The number of thiocarbonyl (C=S) groups is 1. The highest BCUT2D eigenvalue weighted by atomic mass is 35.5. The van der Waals surface area contributed by atoms with Crippen molar-refractivity contribution in [2.75, 3.05) is 38.1 Å². The van der Waals surface area contributed by atoms with Crippen LogP contribution in [-0.2, 0) is 6.54 Å². The van der Waals surface area contributed by atoms with Crippen LogP contribution >= 0.6 is 23.8 Å². The predicted octanol–water partition coefficient (Wildman–Crippen LogP) is 4.39. The average molecular weight is 408 g/mol. The zero-order valence-electron chi connectivity index (χ0n) is 15.3. The lowest BCUT2D eigenvalue weighted by Gasteiger charge is -2.36. The zero-order chi connectivity index (χ0) is 19.2. The minimum Gasteiger partial charge on any atom is -0.492 e. The summed E-state index contributed by atoms with van der Waals surface area (Å²) in [6, 6.07) is 12.6. The summed E-state index contributed by atoms with van der Waals surface area (Å²) in [5.74, 6) is 0.532. The second-order valence-corrected chi connectivity index (χ2v) is 7.12. The normalized spacial score (nSPS) is 14.9. The van der Waals surface area contributed by atoms with Crippen molar-refractivity contribution >= 4 is 34.6 Å². The van der Waals surface area contributed by atoms with Crippen molar-refractivity contribution in [2.45, 2.75) is 13.5 Å². The average Bonchev–Trinajstić information content (AvgIpc) is 2.67. The van der Waals surface area contributed by atoms with Gasteiger partial charge in [0.25, 0.3) is 0 Å². The van der Waals surface area contributed by atoms with Crippen LogP contribution in [0.1, 0.15) is 12.5 Å². The van der Waals surface area contributed by atoms with E-state index >= 15 is 0 Å². The molecule has 4 nitrogen and oxygen atoms in total. The van der Waals surface area contributed by atoms with E-state index < -0.39 is 0 Å². The molecular weight excluding hydrogens is 385 g/mol. The number of ether oxygens (including phenoxy) is 1. The fraction of sp³-hybridized carbons (Fsp3) is 0.350. The van der Waals surface area contributed by atoms with Crippen LogP contribution in [0, 0.1) is 5.82 Å². The minimum atomic E-state index is -0.255. The maximum atomic E-state index is 14.0. The molecule has 7 heteroatoms. The van der Waals surface area contributed by atoms with Gasteiger partial charge in [0.1, 0.15) is 11.6 Å². The molecule has 0 aliphatic carbocycles. The molecule has 144 valence electrons. The van der Waals surface area contributed by atoms with Gasteiger partial charge in [0, 0.05) is 43.3 Å². The number of para-hydroxylation sites is 2. The monoisotopic (exact) mass is 407 g/mol. The molecule has 0 spiro atoms. The fourth-order valence-corrected chi connectivity index (χ4v) is 3.58. The van der Waals surface area contributed by atoms with E-state index in [-0.39, 0.29) is 5.82 Å². The first-order valence-corrected chi connectivity index (χ1v) is 9.80. The Morgan fingerprint density at radius 2 is 1.89 bits per heavy atom. The van der Waals surface area contributed by atoms with E-state index in [0.29, 0.717) is 28.9 Å². The minimum absolute atomic E-state index is 0.255. The van der Waals surface area contributed by atoms with Gasteiger partial charge in [-0.1, -0.05) is 29.8 Å². The fourth-order valence-electron chi connectivity index (χ4n) is 3.06. The van der Waals surface area contributed by atoms with Crippen LogP contribution in [0.3, 0.4) is 0 Å². The molecule has 1 fully saturated rings. The first-order chi connectivity index (χ1) is 13.1. The van der Waals surface area contributed by atoms with E-state index in [9.17, 15) is 4.39 Å². The topological polar surface area (TPSA) is 27.7 Å². The Labute approximate surface area is 169 Å². The number of hydrogen-bond donors (Lipinski definition) is 1. The van der Waals surface area contributed by atoms with Crippen molar-refractivity contribution < 1.29 is 9.13 Å². The van der Waals surface area contributed by atoms with Crippen LogP contribution in [0.5, 0.6) is 5.75 Å². The van der Waals surface area contributed by atoms with E-state index in [4.69, 9.17) is 28.6 Å². The lowest BCUT2D eigenvalue weighted by Crippen LogP contribution is -2.49. The summed E-state index contributed by atoms with van der Waals surface area (Å²) in [4.78, 5) is 4.31. The van der Waals surface area contributed by atoms with Gasteiger partial charge in [-0.25, -0.2) is 4.39 Å². The Hall–Kier alpha value is -1.89. The van der Waals surface area contributed by atoms with Crippen molar-refractivity contribution in [3.05, 3.63) is 58.9 Å². The van der Waals surface area contributed by atoms with Gasteiger partial charge < -0.3 is 15.0 Å². The summed E-state index contributed by atoms with van der Waals surface area (Å²) in [6.07, 6.45) is 0. The molecule has 1 aliphatic rings. The molecule has 2 aromatic carbocycles. The first kappa shape index (κ1) is 19.9. The standard InChI is InChI=1S/C20H23ClFN3OS/c1-2-26-19-9-4-3-8-18(19)23-20(27)25-12-10-24(11-13-25)14-15-16(21)6-5-7-17(15)22/h3-9H,2,10-14H2,1H3,(H,23,27). The van der Waals surface area contributed by atoms with Crippen LogP contribution < -0.4 is 10.1 Å². The summed E-state index contributed by atoms with van der Waals surface area (Å²) in [5.41, 5.74) is 1.42. The van der Waals surface area contributed by atoms with E-state index in [1.54, 1.807) is 12.1 Å². The molecule has 3 rings (SSSR count). The Bertz CT molecular complexity index is 776. The number of hydrogen-bond acceptors (Lipinski definition) is 3. The summed E-state index contributed by atoms with van der Waals surface area (Å²) >= 11 is 11.7. The maximum absolute atomic E-state index is 14.0. The molecule has 0 bridgehead atoms. The van der Waals surface area contributed by atoms with Gasteiger partial charge in [0.15, 0.2) is 5.11 Å². The number of nitrogens with zero attached hydrogens (tertiary/aromatic N) is 2. The Kier molecular flexibility index (Phi) is 6.88. The summed E-state index contributed by atoms with van der Waals surface area (Å²) < 4.78 is 19.6. The molecule has 1 heterocycles. The Morgan fingerprint density at radius 1 is 1.15 bits per heavy atom. The third kappa shape index (κ3) is 5.09. The SMILES string of the molecule is CCOc1ccccc1NC(=S)N1CCN(Cc2c(F)cccc2Cl)CC1. The zero-order valence-corrected chi connectivity index (χ0v) is 16.8. The largest absolute Gasteiger partial charge is 0.492 e. The molecule has 0 unspecified atom stereocenters. The molecule has 0 saturated carbocycles. The van der Waals surface area contributed by atoms with Gasteiger partial charge in [-0.05, 0) is 43.4 Å². The molecule has 2 aromatic rings. The highest BCUT2D eigenvalue weighted by Gasteiger charge is 2.21. The van der Waals surface area contributed by atoms with Gasteiger partial charge in [-0.2, -0.15) is 0 Å². The molecule has 1 saturated heterocycles. The first-order valence-electron chi connectivity index (χ1n) is 9.01. The van der Waals surface area contributed by atoms with E-state index in [0.717, 1.165) is 37.6 Å². The van der Waals surface area contributed by atoms with Crippen molar-refractivity contribution in [1.82, 2.24) is 9.80 Å². The molecule has 0 aromatic heterocycles. The van der Waals surface area contributed by atoms with Gasteiger partial charge in [-0.3, -0.25) is 4.90 Å². The second-order valence-electron chi connectivity index (χ2n) is 6.32. The third-order valence-corrected chi connectivity index (χ3v) is 5.25. The quantitative estimate of drug-likeness (QED) is 0.742. The van der Waals surface area contributed by atoms with Crippen molar-refractivity contribution in [2.24, 2.45) is 0 Å². The van der Waals surface area contributed by atoms with E-state index in [2.05, 4.69) is 15.1 Å².